The van der Waals surface area contributed by atoms with Gasteiger partial charge in [-0.25, -0.2) is 0 Å². The number of carbonyl (C=O) groups is 1. The van der Waals surface area contributed by atoms with Crippen LogP contribution in [0, 0.1) is 0 Å². The van der Waals surface area contributed by atoms with E-state index in [2.05, 4.69) is 17.5 Å². The Bertz CT molecular complexity index is 409. The van der Waals surface area contributed by atoms with Gasteiger partial charge in [0.25, 0.3) is 0 Å². The summed E-state index contributed by atoms with van der Waals surface area (Å²) in [5, 5.41) is 3.45. The molecule has 0 heterocycles. The molecule has 0 fully saturated rings. The van der Waals surface area contributed by atoms with Gasteiger partial charge >= 0.3 is 0 Å². The molecule has 3 N–H and O–H groups in total. The Morgan fingerprint density at radius 2 is 2.13 bits per heavy atom. The molecule has 15 heavy (non-hydrogen) atoms. The van der Waals surface area contributed by atoms with Gasteiger partial charge in [-0.15, -0.1) is 0 Å². The Morgan fingerprint density at radius 3 is 2.67 bits per heavy atom. The molecule has 0 atom stereocenters. The maximum absolute atomic E-state index is 11.3. The van der Waals surface area contributed by atoms with E-state index in [0.29, 0.717) is 15.7 Å². The number of nitrogens with one attached hydrogen (secondary N) is 1. The van der Waals surface area contributed by atoms with E-state index in [4.69, 9.17) is 28.9 Å². The summed E-state index contributed by atoms with van der Waals surface area (Å²) in [4.78, 5) is 11.4. The van der Waals surface area contributed by atoms with Crippen molar-refractivity contribution in [2.75, 3.05) is 5.32 Å². The Kier molecular flexibility index (Phi) is 4.32. The minimum atomic E-state index is -0.299. The SMILES string of the molecule is NC(=S)CC(=O)Nc1ccc(Cl)cc1Cl. The van der Waals surface area contributed by atoms with Gasteiger partial charge in [-0.2, -0.15) is 0 Å². The number of hydrogen-bond donors (Lipinski definition) is 2. The molecule has 3 nitrogen and oxygen atoms in total. The molecule has 0 spiro atoms. The van der Waals surface area contributed by atoms with Gasteiger partial charge in [-0.05, 0) is 18.2 Å². The topological polar surface area (TPSA) is 55.1 Å². The molecule has 0 saturated heterocycles. The molecule has 0 radical (unpaired) electrons. The second kappa shape index (κ2) is 5.30. The quantitative estimate of drug-likeness (QED) is 0.824. The Labute approximate surface area is 103 Å². The first-order valence-electron chi connectivity index (χ1n) is 4.02. The van der Waals surface area contributed by atoms with Crippen LogP contribution in [-0.2, 0) is 4.79 Å². The lowest BCUT2D eigenvalue weighted by molar-refractivity contribution is -0.115. The van der Waals surface area contributed by atoms with Crippen LogP contribution in [0.15, 0.2) is 18.2 Å². The second-order valence-corrected chi connectivity index (χ2v) is 4.18. The highest BCUT2D eigenvalue weighted by molar-refractivity contribution is 7.80. The second-order valence-electron chi connectivity index (χ2n) is 2.82. The summed E-state index contributed by atoms with van der Waals surface area (Å²) in [7, 11) is 0. The normalized spacial score (nSPS) is 9.73. The van der Waals surface area contributed by atoms with Gasteiger partial charge in [0.05, 0.1) is 22.1 Å². The third-order valence-corrected chi connectivity index (χ3v) is 2.23. The third-order valence-electron chi connectivity index (χ3n) is 1.54. The molecule has 0 bridgehead atoms. The average molecular weight is 263 g/mol. The Morgan fingerprint density at radius 1 is 1.47 bits per heavy atom. The van der Waals surface area contributed by atoms with Gasteiger partial charge in [0.2, 0.25) is 5.91 Å². The van der Waals surface area contributed by atoms with Crippen LogP contribution in [0.3, 0.4) is 0 Å². The zero-order chi connectivity index (χ0) is 11.4. The number of hydrogen-bond acceptors (Lipinski definition) is 2. The van der Waals surface area contributed by atoms with Crippen molar-refractivity contribution in [1.82, 2.24) is 0 Å². The van der Waals surface area contributed by atoms with Gasteiger partial charge < -0.3 is 11.1 Å². The lowest BCUT2D eigenvalue weighted by Gasteiger charge is -2.06. The standard InChI is InChI=1S/C9H8Cl2N2OS/c10-5-1-2-7(6(11)3-5)13-9(14)4-8(12)15/h1-3H,4H2,(H2,12,15)(H,13,14). The number of benzene rings is 1. The van der Waals surface area contributed by atoms with Crippen LogP contribution in [0.25, 0.3) is 0 Å². The predicted molar refractivity (Wildman–Crippen MR) is 66.5 cm³/mol. The average Bonchev–Trinajstić information content (AvgIpc) is 2.08. The Balaban J connectivity index is 2.72. The van der Waals surface area contributed by atoms with Crippen molar-refractivity contribution in [2.45, 2.75) is 6.42 Å². The third kappa shape index (κ3) is 4.03. The summed E-state index contributed by atoms with van der Waals surface area (Å²) < 4.78 is 0. The van der Waals surface area contributed by atoms with Crippen molar-refractivity contribution in [3.63, 3.8) is 0 Å². The van der Waals surface area contributed by atoms with E-state index in [1.165, 1.54) is 0 Å². The number of halogens is 2. The zero-order valence-corrected chi connectivity index (χ0v) is 9.92. The molecule has 0 aliphatic carbocycles. The van der Waals surface area contributed by atoms with E-state index in [9.17, 15) is 4.79 Å². The number of thiocarbonyl (C=S) groups is 1. The van der Waals surface area contributed by atoms with Crippen molar-refractivity contribution in [1.29, 1.82) is 0 Å². The van der Waals surface area contributed by atoms with E-state index < -0.39 is 0 Å². The minimum Gasteiger partial charge on any atom is -0.393 e. The summed E-state index contributed by atoms with van der Waals surface area (Å²) in [6, 6.07) is 4.78. The van der Waals surface area contributed by atoms with Crippen LogP contribution >= 0.6 is 35.4 Å². The van der Waals surface area contributed by atoms with Crippen LogP contribution in [0.2, 0.25) is 10.0 Å². The van der Waals surface area contributed by atoms with Gasteiger partial charge in [-0.3, -0.25) is 4.79 Å². The van der Waals surface area contributed by atoms with Crippen LogP contribution in [0.1, 0.15) is 6.42 Å². The Hall–Kier alpha value is -0.840. The molecule has 0 aliphatic rings. The number of carbonyl (C=O) groups excluding carboxylic acids is 1. The van der Waals surface area contributed by atoms with Crippen molar-refractivity contribution in [3.05, 3.63) is 28.2 Å². The highest BCUT2D eigenvalue weighted by atomic mass is 35.5. The van der Waals surface area contributed by atoms with Crippen molar-refractivity contribution in [2.24, 2.45) is 5.73 Å². The first-order valence-corrected chi connectivity index (χ1v) is 5.18. The molecule has 0 aromatic heterocycles. The summed E-state index contributed by atoms with van der Waals surface area (Å²) >= 11 is 16.2. The maximum Gasteiger partial charge on any atom is 0.231 e. The highest BCUT2D eigenvalue weighted by Crippen LogP contribution is 2.25. The molecular weight excluding hydrogens is 255 g/mol. The fourth-order valence-electron chi connectivity index (χ4n) is 0.943. The summed E-state index contributed by atoms with van der Waals surface area (Å²) in [5.41, 5.74) is 5.71. The largest absolute Gasteiger partial charge is 0.393 e. The number of anilines is 1. The molecule has 80 valence electrons. The molecule has 1 aromatic rings. The van der Waals surface area contributed by atoms with Crippen molar-refractivity contribution in [3.8, 4) is 0 Å². The summed E-state index contributed by atoms with van der Waals surface area (Å²) in [6.07, 6.45) is -0.00567. The van der Waals surface area contributed by atoms with Crippen LogP contribution in [-0.4, -0.2) is 10.9 Å². The number of amides is 1. The van der Waals surface area contributed by atoms with Crippen molar-refractivity contribution >= 4 is 52.0 Å². The molecule has 1 rings (SSSR count). The van der Waals surface area contributed by atoms with Gasteiger partial charge in [0.15, 0.2) is 0 Å². The lowest BCUT2D eigenvalue weighted by atomic mass is 10.3. The van der Waals surface area contributed by atoms with E-state index in [1.54, 1.807) is 18.2 Å². The maximum atomic E-state index is 11.3. The summed E-state index contributed by atoms with van der Waals surface area (Å²) in [6.45, 7) is 0. The first kappa shape index (κ1) is 12.2. The van der Waals surface area contributed by atoms with Gasteiger partial charge in [-0.1, -0.05) is 35.4 Å². The molecule has 6 heteroatoms. The molecule has 0 unspecified atom stereocenters. The predicted octanol–water partition coefficient (Wildman–Crippen LogP) is 2.61. The minimum absolute atomic E-state index is 0.00567. The van der Waals surface area contributed by atoms with Crippen molar-refractivity contribution < 1.29 is 4.79 Å². The van der Waals surface area contributed by atoms with Gasteiger partial charge in [0, 0.05) is 5.02 Å². The van der Waals surface area contributed by atoms with E-state index in [1.807, 2.05) is 0 Å². The molecule has 1 amide bonds. The lowest BCUT2D eigenvalue weighted by Crippen LogP contribution is -2.20. The monoisotopic (exact) mass is 262 g/mol. The highest BCUT2D eigenvalue weighted by Gasteiger charge is 2.06. The van der Waals surface area contributed by atoms with E-state index in [0.717, 1.165) is 0 Å². The molecule has 0 saturated carbocycles. The van der Waals surface area contributed by atoms with Crippen LogP contribution < -0.4 is 11.1 Å². The number of rotatable bonds is 3. The summed E-state index contributed by atoms with van der Waals surface area (Å²) in [5.74, 6) is -0.299. The fourth-order valence-corrected chi connectivity index (χ4v) is 1.53. The van der Waals surface area contributed by atoms with Gasteiger partial charge in [0.1, 0.15) is 0 Å². The first-order chi connectivity index (χ1) is 6.99. The van der Waals surface area contributed by atoms with Crippen LogP contribution in [0.5, 0.6) is 0 Å². The van der Waals surface area contributed by atoms with E-state index in [-0.39, 0.29) is 17.3 Å². The van der Waals surface area contributed by atoms with Crippen LogP contribution in [0.4, 0.5) is 5.69 Å². The smallest absolute Gasteiger partial charge is 0.231 e. The van der Waals surface area contributed by atoms with E-state index >= 15 is 0 Å². The zero-order valence-electron chi connectivity index (χ0n) is 7.59. The molecular formula is C9H8Cl2N2OS. The fraction of sp³-hybridized carbons (Fsp3) is 0.111. The molecule has 1 aromatic carbocycles. The molecule has 0 aliphatic heterocycles. The number of nitrogens with two attached hydrogens (primary N) is 1.